The van der Waals surface area contributed by atoms with E-state index in [4.69, 9.17) is 4.74 Å². The van der Waals surface area contributed by atoms with Gasteiger partial charge in [-0.1, -0.05) is 0 Å². The van der Waals surface area contributed by atoms with Gasteiger partial charge in [0.05, 0.1) is 14.2 Å². The van der Waals surface area contributed by atoms with Crippen molar-refractivity contribution < 1.29 is 14.3 Å². The van der Waals surface area contributed by atoms with Crippen LogP contribution in [0, 0.1) is 0 Å². The molecule has 2 aromatic rings. The van der Waals surface area contributed by atoms with Crippen LogP contribution in [0.1, 0.15) is 0 Å². The summed E-state index contributed by atoms with van der Waals surface area (Å²) in [5.74, 6) is 0.460. The Hall–Kier alpha value is -2.70. The van der Waals surface area contributed by atoms with Crippen molar-refractivity contribution in [1.29, 1.82) is 0 Å². The molecule has 0 saturated heterocycles. The van der Waals surface area contributed by atoms with Gasteiger partial charge >= 0.3 is 6.09 Å². The summed E-state index contributed by atoms with van der Waals surface area (Å²) in [5.41, 5.74) is 0.850. The van der Waals surface area contributed by atoms with Crippen molar-refractivity contribution in [1.82, 2.24) is 5.43 Å². The maximum Gasteiger partial charge on any atom is 0.427 e. The molecule has 0 fully saturated rings. The number of nitrogens with one attached hydrogen (secondary N) is 1. The van der Waals surface area contributed by atoms with Crippen molar-refractivity contribution >= 4 is 16.9 Å². The zero-order chi connectivity index (χ0) is 14.0. The van der Waals surface area contributed by atoms with Crippen LogP contribution < -0.4 is 26.4 Å². The van der Waals surface area contributed by atoms with Crippen LogP contribution in [-0.2, 0) is 4.74 Å². The lowest BCUT2D eigenvalue weighted by atomic mass is 10.2. The molecule has 0 spiro atoms. The second-order valence-corrected chi connectivity index (χ2v) is 3.63. The van der Waals surface area contributed by atoms with Crippen LogP contribution in [0.25, 0.3) is 10.8 Å². The third-order valence-corrected chi connectivity index (χ3v) is 2.59. The third-order valence-electron chi connectivity index (χ3n) is 2.59. The molecule has 0 aromatic heterocycles. The van der Waals surface area contributed by atoms with Crippen LogP contribution in [0.4, 0.5) is 4.79 Å². The van der Waals surface area contributed by atoms with Crippen LogP contribution in [0.15, 0.2) is 32.9 Å². The topological polar surface area (TPSA) is 94.1 Å². The van der Waals surface area contributed by atoms with Crippen molar-refractivity contribution in [3.05, 3.63) is 44.0 Å². The number of benzene rings is 1. The van der Waals surface area contributed by atoms with E-state index >= 15 is 0 Å². The monoisotopic (exact) mass is 262 g/mol. The van der Waals surface area contributed by atoms with Gasteiger partial charge < -0.3 is 9.47 Å². The minimum absolute atomic E-state index is 0.203. The summed E-state index contributed by atoms with van der Waals surface area (Å²) >= 11 is 0. The number of methoxy groups -OCH3 is 2. The summed E-state index contributed by atoms with van der Waals surface area (Å²) in [6.45, 7) is 0. The van der Waals surface area contributed by atoms with Gasteiger partial charge in [0.25, 0.3) is 0 Å². The first-order chi connectivity index (χ1) is 9.08. The smallest absolute Gasteiger partial charge is 0.427 e. The molecule has 1 amide bonds. The molecule has 19 heavy (non-hydrogen) atoms. The average Bonchev–Trinajstić information content (AvgIpc) is 2.68. The SMILES string of the molecule is COC(=O)N/N=c1\c(=O)c2ccc(OC)cc2c1=O. The van der Waals surface area contributed by atoms with Crippen LogP contribution in [-0.4, -0.2) is 20.3 Å². The lowest BCUT2D eigenvalue weighted by Crippen LogP contribution is -2.35. The van der Waals surface area contributed by atoms with Gasteiger partial charge in [0.2, 0.25) is 10.9 Å². The summed E-state index contributed by atoms with van der Waals surface area (Å²) in [4.78, 5) is 34.8. The van der Waals surface area contributed by atoms with E-state index in [1.54, 1.807) is 6.07 Å². The van der Waals surface area contributed by atoms with E-state index in [1.165, 1.54) is 19.2 Å². The van der Waals surface area contributed by atoms with E-state index in [0.717, 1.165) is 7.11 Å². The molecule has 0 radical (unpaired) electrons. The normalized spacial score (nSPS) is 11.6. The van der Waals surface area contributed by atoms with E-state index in [1.807, 2.05) is 5.43 Å². The number of hydrogen-bond donors (Lipinski definition) is 1. The maximum atomic E-state index is 12.0. The molecule has 2 rings (SSSR count). The van der Waals surface area contributed by atoms with Gasteiger partial charge in [0, 0.05) is 10.8 Å². The molecule has 1 N–H and O–H groups in total. The lowest BCUT2D eigenvalue weighted by molar-refractivity contribution is 0.171. The number of amides is 1. The highest BCUT2D eigenvalue weighted by atomic mass is 16.5. The minimum Gasteiger partial charge on any atom is -0.497 e. The van der Waals surface area contributed by atoms with Gasteiger partial charge in [-0.3, -0.25) is 9.59 Å². The van der Waals surface area contributed by atoms with Gasteiger partial charge in [0.1, 0.15) is 5.75 Å². The molecule has 2 aromatic carbocycles. The summed E-state index contributed by atoms with van der Waals surface area (Å²) in [5, 5.41) is 3.56. The average molecular weight is 262 g/mol. The van der Waals surface area contributed by atoms with Crippen LogP contribution >= 0.6 is 0 Å². The zero-order valence-electron chi connectivity index (χ0n) is 10.2. The van der Waals surface area contributed by atoms with Crippen LogP contribution in [0.2, 0.25) is 0 Å². The summed E-state index contributed by atoms with van der Waals surface area (Å²) in [6, 6.07) is 4.51. The molecule has 0 atom stereocenters. The molecule has 0 bridgehead atoms. The van der Waals surface area contributed by atoms with Crippen molar-refractivity contribution in [2.75, 3.05) is 14.2 Å². The highest BCUT2D eigenvalue weighted by molar-refractivity contribution is 5.84. The number of rotatable bonds is 2. The highest BCUT2D eigenvalue weighted by Gasteiger charge is 2.12. The molecule has 0 unspecified atom stereocenters. The Morgan fingerprint density at radius 1 is 1.16 bits per heavy atom. The molecule has 98 valence electrons. The highest BCUT2D eigenvalue weighted by Crippen LogP contribution is 2.14. The first-order valence-electron chi connectivity index (χ1n) is 5.27. The maximum absolute atomic E-state index is 12.0. The Morgan fingerprint density at radius 3 is 2.47 bits per heavy atom. The third kappa shape index (κ3) is 2.17. The summed E-state index contributed by atoms with van der Waals surface area (Å²) in [7, 11) is 2.60. The Bertz CT molecular complexity index is 787. The minimum atomic E-state index is -0.860. The predicted molar refractivity (Wildman–Crippen MR) is 66.5 cm³/mol. The van der Waals surface area contributed by atoms with Crippen molar-refractivity contribution in [2.24, 2.45) is 5.10 Å². The molecule has 7 heteroatoms. The fourth-order valence-corrected chi connectivity index (χ4v) is 1.64. The van der Waals surface area contributed by atoms with E-state index in [9.17, 15) is 14.4 Å². The molecule has 7 nitrogen and oxygen atoms in total. The van der Waals surface area contributed by atoms with Crippen molar-refractivity contribution in [3.63, 3.8) is 0 Å². The fourth-order valence-electron chi connectivity index (χ4n) is 1.64. The second-order valence-electron chi connectivity index (χ2n) is 3.63. The Morgan fingerprint density at radius 2 is 1.84 bits per heavy atom. The quantitative estimate of drug-likeness (QED) is 0.744. The van der Waals surface area contributed by atoms with Gasteiger partial charge in [0.15, 0.2) is 5.36 Å². The number of carbonyl (C=O) groups excluding carboxylic acids is 1. The van der Waals surface area contributed by atoms with Gasteiger partial charge in [-0.25, -0.2) is 10.2 Å². The van der Waals surface area contributed by atoms with Gasteiger partial charge in [-0.05, 0) is 18.2 Å². The number of ether oxygens (including phenoxy) is 2. The second kappa shape index (κ2) is 4.89. The Labute approximate surface area is 106 Å². The lowest BCUT2D eigenvalue weighted by Gasteiger charge is -1.96. The summed E-state index contributed by atoms with van der Waals surface area (Å²) in [6.07, 6.45) is -0.860. The molecule has 0 aliphatic rings. The molecule has 0 saturated carbocycles. The van der Waals surface area contributed by atoms with Crippen LogP contribution in [0.3, 0.4) is 0 Å². The molecular formula is C12H10N2O5. The van der Waals surface area contributed by atoms with Gasteiger partial charge in [-0.15, -0.1) is 0 Å². The Kier molecular flexibility index (Phi) is 3.28. The van der Waals surface area contributed by atoms with Crippen molar-refractivity contribution in [2.45, 2.75) is 0 Å². The first-order valence-corrected chi connectivity index (χ1v) is 5.27. The number of nitrogens with zero attached hydrogens (tertiary/aromatic N) is 1. The predicted octanol–water partition coefficient (Wildman–Crippen LogP) is -0.384. The van der Waals surface area contributed by atoms with E-state index in [-0.39, 0.29) is 16.1 Å². The number of hydrogen-bond acceptors (Lipinski definition) is 6. The molecular weight excluding hydrogens is 252 g/mol. The zero-order valence-corrected chi connectivity index (χ0v) is 10.2. The van der Waals surface area contributed by atoms with E-state index < -0.39 is 17.0 Å². The van der Waals surface area contributed by atoms with Crippen LogP contribution in [0.5, 0.6) is 5.75 Å². The first kappa shape index (κ1) is 12.7. The van der Waals surface area contributed by atoms with E-state index in [0.29, 0.717) is 5.75 Å². The van der Waals surface area contributed by atoms with E-state index in [2.05, 4.69) is 9.84 Å². The summed E-state index contributed by atoms with van der Waals surface area (Å²) < 4.78 is 9.28. The largest absolute Gasteiger partial charge is 0.497 e. The standard InChI is InChI=1S/C12H10N2O5/c1-18-6-3-4-7-8(5-6)11(16)9(10(7)15)13-14-12(17)19-2/h3-5H,1-2H3,(H,14,17)/b13-9+. The molecule has 0 heterocycles. The van der Waals surface area contributed by atoms with Gasteiger partial charge in [-0.2, -0.15) is 5.10 Å². The number of carbonyl (C=O) groups is 1. The molecule has 0 aliphatic carbocycles. The fraction of sp³-hybridized carbons (Fsp3) is 0.167. The van der Waals surface area contributed by atoms with Crippen molar-refractivity contribution in [3.8, 4) is 5.75 Å². The molecule has 0 aliphatic heterocycles. The number of fused-ring (bicyclic) bond motifs is 1. The Balaban J connectivity index is 2.67.